The first kappa shape index (κ1) is 16.6. The number of rotatable bonds is 5. The zero-order chi connectivity index (χ0) is 17.9. The minimum Gasteiger partial charge on any atom is -0.376 e. The molecular weight excluding hydrogens is 330 g/mol. The molecule has 0 aromatic heterocycles. The van der Waals surface area contributed by atoms with Crippen molar-refractivity contribution in [2.75, 3.05) is 29.9 Å². The number of nitrogens with zero attached hydrogens (tertiary/aromatic N) is 1. The summed E-state index contributed by atoms with van der Waals surface area (Å²) in [5, 5.41) is 5.71. The van der Waals surface area contributed by atoms with Gasteiger partial charge in [-0.3, -0.25) is 9.69 Å². The van der Waals surface area contributed by atoms with Gasteiger partial charge in [0, 0.05) is 36.8 Å². The van der Waals surface area contributed by atoms with Crippen molar-refractivity contribution in [2.24, 2.45) is 0 Å². The van der Waals surface area contributed by atoms with E-state index in [0.717, 1.165) is 22.5 Å². The number of nitrogens with one attached hydrogen (secondary N) is 2. The monoisotopic (exact) mass is 351 g/mol. The van der Waals surface area contributed by atoms with Gasteiger partial charge in [-0.2, -0.15) is 0 Å². The van der Waals surface area contributed by atoms with Crippen LogP contribution in [0.25, 0.3) is 0 Å². The fourth-order valence-corrected chi connectivity index (χ4v) is 3.47. The van der Waals surface area contributed by atoms with Crippen molar-refractivity contribution in [3.8, 4) is 0 Å². The molecule has 1 fully saturated rings. The van der Waals surface area contributed by atoms with E-state index in [9.17, 15) is 9.59 Å². The van der Waals surface area contributed by atoms with Crippen LogP contribution in [0.1, 0.15) is 23.5 Å². The molecule has 26 heavy (non-hydrogen) atoms. The van der Waals surface area contributed by atoms with Crippen molar-refractivity contribution in [1.29, 1.82) is 0 Å². The van der Waals surface area contributed by atoms with Gasteiger partial charge in [0.05, 0.1) is 13.2 Å². The van der Waals surface area contributed by atoms with Gasteiger partial charge in [0.25, 0.3) is 0 Å². The smallest absolute Gasteiger partial charge is 0.321 e. The highest BCUT2D eigenvalue weighted by Crippen LogP contribution is 2.35. The van der Waals surface area contributed by atoms with E-state index in [1.54, 1.807) is 4.90 Å². The Morgan fingerprint density at radius 1 is 1.12 bits per heavy atom. The molecule has 0 bridgehead atoms. The highest BCUT2D eigenvalue weighted by atomic mass is 16.5. The topological polar surface area (TPSA) is 70.7 Å². The third-order valence-electron chi connectivity index (χ3n) is 4.78. The lowest BCUT2D eigenvalue weighted by Gasteiger charge is -2.27. The van der Waals surface area contributed by atoms with Crippen LogP contribution in [0.15, 0.2) is 48.5 Å². The molecule has 134 valence electrons. The first-order chi connectivity index (χ1) is 12.7. The third-order valence-corrected chi connectivity index (χ3v) is 4.78. The van der Waals surface area contributed by atoms with Crippen LogP contribution in [-0.2, 0) is 16.1 Å². The van der Waals surface area contributed by atoms with Crippen LogP contribution in [0.3, 0.4) is 0 Å². The third kappa shape index (κ3) is 3.41. The van der Waals surface area contributed by atoms with E-state index >= 15 is 0 Å². The molecule has 0 saturated carbocycles. The summed E-state index contributed by atoms with van der Waals surface area (Å²) in [6.07, 6.45) is 0.408. The predicted molar refractivity (Wildman–Crippen MR) is 99.3 cm³/mol. The molecule has 0 radical (unpaired) electrons. The minimum atomic E-state index is -0.102. The summed E-state index contributed by atoms with van der Waals surface area (Å²) < 4.78 is 5.86. The molecule has 1 saturated heterocycles. The second-order valence-electron chi connectivity index (χ2n) is 6.61. The second-order valence-corrected chi connectivity index (χ2v) is 6.61. The maximum absolute atomic E-state index is 12.1. The summed E-state index contributed by atoms with van der Waals surface area (Å²) in [5.41, 5.74) is 3.74. The number of anilines is 2. The minimum absolute atomic E-state index is 0.0175. The average molecular weight is 351 g/mol. The van der Waals surface area contributed by atoms with Gasteiger partial charge < -0.3 is 15.4 Å². The second kappa shape index (κ2) is 7.17. The molecule has 6 nitrogen and oxygen atoms in total. The van der Waals surface area contributed by atoms with Gasteiger partial charge in [0.1, 0.15) is 0 Å². The molecule has 4 rings (SSSR count). The summed E-state index contributed by atoms with van der Waals surface area (Å²) in [5.74, 6) is -0.00208. The van der Waals surface area contributed by atoms with E-state index in [4.69, 9.17) is 4.74 Å². The molecule has 2 aromatic carbocycles. The molecule has 2 aliphatic rings. The van der Waals surface area contributed by atoms with Crippen molar-refractivity contribution in [3.63, 3.8) is 0 Å². The Morgan fingerprint density at radius 2 is 1.96 bits per heavy atom. The maximum Gasteiger partial charge on any atom is 0.321 e. The van der Waals surface area contributed by atoms with Crippen molar-refractivity contribution in [1.82, 2.24) is 5.32 Å². The number of ether oxygens (including phenoxy) is 1. The van der Waals surface area contributed by atoms with Crippen LogP contribution >= 0.6 is 0 Å². The number of amides is 3. The van der Waals surface area contributed by atoms with Gasteiger partial charge in [-0.15, -0.1) is 0 Å². The zero-order valence-corrected chi connectivity index (χ0v) is 14.4. The Balaban J connectivity index is 1.48. The van der Waals surface area contributed by atoms with E-state index < -0.39 is 0 Å². The zero-order valence-electron chi connectivity index (χ0n) is 14.4. The van der Waals surface area contributed by atoms with Gasteiger partial charge in [0.2, 0.25) is 5.91 Å². The highest BCUT2D eigenvalue weighted by Gasteiger charge is 2.28. The standard InChI is InChI=1S/C20H21N3O3/c24-19-10-15(13-26-12-14-4-2-1-3-5-14)17-7-6-16(11-18(17)22-19)23-9-8-21-20(23)25/h1-7,11,15H,8-10,12-13H2,(H,21,25)(H,22,24). The Morgan fingerprint density at radius 3 is 2.73 bits per heavy atom. The Hall–Kier alpha value is -2.86. The predicted octanol–water partition coefficient (Wildman–Crippen LogP) is 2.86. The number of benzene rings is 2. The van der Waals surface area contributed by atoms with Crippen molar-refractivity contribution in [3.05, 3.63) is 59.7 Å². The first-order valence-corrected chi connectivity index (χ1v) is 8.81. The number of fused-ring (bicyclic) bond motifs is 1. The Bertz CT molecular complexity index is 822. The fourth-order valence-electron chi connectivity index (χ4n) is 3.47. The molecule has 2 aliphatic heterocycles. The summed E-state index contributed by atoms with van der Waals surface area (Å²) in [6, 6.07) is 15.7. The number of carbonyl (C=O) groups excluding carboxylic acids is 2. The van der Waals surface area contributed by atoms with Crippen LogP contribution in [0.4, 0.5) is 16.2 Å². The van der Waals surface area contributed by atoms with Crippen molar-refractivity contribution < 1.29 is 14.3 Å². The molecule has 0 aliphatic carbocycles. The van der Waals surface area contributed by atoms with Gasteiger partial charge in [-0.05, 0) is 23.3 Å². The summed E-state index contributed by atoms with van der Waals surface area (Å²) >= 11 is 0. The lowest BCUT2D eigenvalue weighted by molar-refractivity contribution is -0.117. The summed E-state index contributed by atoms with van der Waals surface area (Å²) in [6.45, 7) is 2.28. The number of hydrogen-bond donors (Lipinski definition) is 2. The molecule has 3 amide bonds. The molecular formula is C20H21N3O3. The van der Waals surface area contributed by atoms with Crippen molar-refractivity contribution >= 4 is 23.3 Å². The SMILES string of the molecule is O=C1CC(COCc2ccccc2)c2ccc(N3CCNC3=O)cc2N1. The van der Waals surface area contributed by atoms with E-state index in [2.05, 4.69) is 10.6 Å². The quantitative estimate of drug-likeness (QED) is 0.870. The summed E-state index contributed by atoms with van der Waals surface area (Å²) in [7, 11) is 0. The molecule has 6 heteroatoms. The average Bonchev–Trinajstić information content (AvgIpc) is 3.08. The normalized spacial score (nSPS) is 19.1. The summed E-state index contributed by atoms with van der Waals surface area (Å²) in [4.78, 5) is 25.6. The number of hydrogen-bond acceptors (Lipinski definition) is 3. The van der Waals surface area contributed by atoms with Crippen LogP contribution in [0, 0.1) is 0 Å². The lowest BCUT2D eigenvalue weighted by Crippen LogP contribution is -2.29. The Kier molecular flexibility index (Phi) is 4.58. The number of carbonyl (C=O) groups is 2. The van der Waals surface area contributed by atoms with Gasteiger partial charge >= 0.3 is 6.03 Å². The van der Waals surface area contributed by atoms with E-state index in [-0.39, 0.29) is 17.9 Å². The van der Waals surface area contributed by atoms with E-state index in [1.165, 1.54) is 0 Å². The van der Waals surface area contributed by atoms with Gasteiger partial charge in [0.15, 0.2) is 0 Å². The van der Waals surface area contributed by atoms with Crippen LogP contribution in [-0.4, -0.2) is 31.6 Å². The fraction of sp³-hybridized carbons (Fsp3) is 0.300. The Labute approximate surface area is 152 Å². The molecule has 1 atom stereocenters. The largest absolute Gasteiger partial charge is 0.376 e. The van der Waals surface area contributed by atoms with Crippen LogP contribution in [0.5, 0.6) is 0 Å². The van der Waals surface area contributed by atoms with Crippen LogP contribution in [0.2, 0.25) is 0 Å². The highest BCUT2D eigenvalue weighted by molar-refractivity contribution is 5.98. The van der Waals surface area contributed by atoms with E-state index in [1.807, 2.05) is 48.5 Å². The number of urea groups is 1. The molecule has 2 N–H and O–H groups in total. The molecule has 1 unspecified atom stereocenters. The van der Waals surface area contributed by atoms with Crippen molar-refractivity contribution in [2.45, 2.75) is 18.9 Å². The van der Waals surface area contributed by atoms with Gasteiger partial charge in [-0.25, -0.2) is 4.79 Å². The molecule has 2 aromatic rings. The maximum atomic E-state index is 12.1. The lowest BCUT2D eigenvalue weighted by atomic mass is 9.91. The first-order valence-electron chi connectivity index (χ1n) is 8.81. The van der Waals surface area contributed by atoms with Gasteiger partial charge in [-0.1, -0.05) is 36.4 Å². The van der Waals surface area contributed by atoms with E-state index in [0.29, 0.717) is 32.7 Å². The molecule has 0 spiro atoms. The van der Waals surface area contributed by atoms with Crippen LogP contribution < -0.4 is 15.5 Å². The molecule has 2 heterocycles.